The van der Waals surface area contributed by atoms with Crippen LogP contribution in [0.25, 0.3) is 0 Å². The quantitative estimate of drug-likeness (QED) is 0.883. The normalized spacial score (nSPS) is 21.0. The number of hydrogen-bond donors (Lipinski definition) is 1. The smallest absolute Gasteiger partial charge is 0.161 e. The molecule has 1 fully saturated rings. The van der Waals surface area contributed by atoms with Crippen LogP contribution in [0.2, 0.25) is 0 Å². The van der Waals surface area contributed by atoms with Gasteiger partial charge < -0.3 is 15.2 Å². The number of rotatable bonds is 6. The molecule has 3 rings (SSSR count). The lowest BCUT2D eigenvalue weighted by atomic mass is 10.1. The van der Waals surface area contributed by atoms with Gasteiger partial charge >= 0.3 is 0 Å². The molecule has 0 aliphatic carbocycles. The van der Waals surface area contributed by atoms with E-state index in [0.29, 0.717) is 12.5 Å². The molecule has 2 unspecified atom stereocenters. The number of hydrogen-bond acceptors (Lipinski definition) is 5. The van der Waals surface area contributed by atoms with E-state index in [2.05, 4.69) is 28.9 Å². The lowest BCUT2D eigenvalue weighted by Gasteiger charge is -2.17. The molecule has 1 aromatic heterocycles. The first kappa shape index (κ1) is 16.7. The predicted octanol–water partition coefficient (Wildman–Crippen LogP) is 2.45. The molecule has 2 atom stereocenters. The largest absolute Gasteiger partial charge is 0.493 e. The molecule has 5 heteroatoms. The maximum Gasteiger partial charge on any atom is 0.161 e. The molecule has 1 aliphatic heterocycles. The highest BCUT2D eigenvalue weighted by Crippen LogP contribution is 2.30. The number of nitrogens with zero attached hydrogens (tertiary/aromatic N) is 2. The number of likely N-dealkylation sites (tertiary alicyclic amines) is 1. The number of ether oxygens (including phenoxy) is 2. The Bertz CT molecular complexity index is 653. The van der Waals surface area contributed by atoms with Crippen LogP contribution in [0, 0.1) is 5.92 Å². The number of methoxy groups -OCH3 is 1. The van der Waals surface area contributed by atoms with Crippen molar-refractivity contribution < 1.29 is 9.47 Å². The first-order valence-electron chi connectivity index (χ1n) is 8.32. The average Bonchev–Trinajstić information content (AvgIpc) is 2.91. The van der Waals surface area contributed by atoms with Crippen LogP contribution in [0.15, 0.2) is 42.7 Å². The van der Waals surface area contributed by atoms with Gasteiger partial charge in [0.15, 0.2) is 11.5 Å². The van der Waals surface area contributed by atoms with Gasteiger partial charge in [0.1, 0.15) is 6.61 Å². The predicted molar refractivity (Wildman–Crippen MR) is 94.0 cm³/mol. The van der Waals surface area contributed by atoms with Crippen molar-refractivity contribution >= 4 is 0 Å². The van der Waals surface area contributed by atoms with Crippen molar-refractivity contribution in [3.8, 4) is 11.5 Å². The van der Waals surface area contributed by atoms with Gasteiger partial charge in [0.2, 0.25) is 0 Å². The van der Waals surface area contributed by atoms with Crippen LogP contribution < -0.4 is 15.2 Å². The first-order chi connectivity index (χ1) is 11.7. The summed E-state index contributed by atoms with van der Waals surface area (Å²) in [5.74, 6) is 2.05. The third-order valence-corrected chi connectivity index (χ3v) is 4.50. The maximum absolute atomic E-state index is 6.12. The standard InChI is InChI=1S/C19H25N3O2/c1-14-10-22(12-17(14)20)11-15-5-6-18(23-2)19(8-15)24-13-16-4-3-7-21-9-16/h3-9,14,17H,10-13,20H2,1-2H3. The Hall–Kier alpha value is -2.11. The summed E-state index contributed by atoms with van der Waals surface area (Å²) in [7, 11) is 1.66. The van der Waals surface area contributed by atoms with Crippen LogP contribution in [0.3, 0.4) is 0 Å². The van der Waals surface area contributed by atoms with Crippen LogP contribution in [-0.4, -0.2) is 36.1 Å². The van der Waals surface area contributed by atoms with Gasteiger partial charge in [0.25, 0.3) is 0 Å². The van der Waals surface area contributed by atoms with E-state index >= 15 is 0 Å². The van der Waals surface area contributed by atoms with Gasteiger partial charge in [-0.05, 0) is 29.7 Å². The van der Waals surface area contributed by atoms with E-state index in [9.17, 15) is 0 Å². The summed E-state index contributed by atoms with van der Waals surface area (Å²) >= 11 is 0. The van der Waals surface area contributed by atoms with Crippen molar-refractivity contribution in [1.29, 1.82) is 0 Å². The lowest BCUT2D eigenvalue weighted by molar-refractivity contribution is 0.281. The number of benzene rings is 1. The van der Waals surface area contributed by atoms with Crippen molar-refractivity contribution in [2.45, 2.75) is 26.1 Å². The summed E-state index contributed by atoms with van der Waals surface area (Å²) in [5, 5.41) is 0. The van der Waals surface area contributed by atoms with E-state index in [1.165, 1.54) is 5.56 Å². The van der Waals surface area contributed by atoms with E-state index in [4.69, 9.17) is 15.2 Å². The first-order valence-corrected chi connectivity index (χ1v) is 8.32. The minimum Gasteiger partial charge on any atom is -0.493 e. The molecule has 5 nitrogen and oxygen atoms in total. The van der Waals surface area contributed by atoms with Gasteiger partial charge in [0.05, 0.1) is 7.11 Å². The second-order valence-electron chi connectivity index (χ2n) is 6.47. The van der Waals surface area contributed by atoms with Crippen LogP contribution in [0.4, 0.5) is 0 Å². The average molecular weight is 327 g/mol. The highest BCUT2D eigenvalue weighted by molar-refractivity contribution is 5.43. The fourth-order valence-corrected chi connectivity index (χ4v) is 3.06. The Kier molecular flexibility index (Phi) is 5.33. The maximum atomic E-state index is 6.12. The van der Waals surface area contributed by atoms with E-state index in [-0.39, 0.29) is 6.04 Å². The molecule has 0 radical (unpaired) electrons. The Balaban J connectivity index is 1.68. The summed E-state index contributed by atoms with van der Waals surface area (Å²) in [6.07, 6.45) is 3.57. The third-order valence-electron chi connectivity index (χ3n) is 4.50. The van der Waals surface area contributed by atoms with Crippen molar-refractivity contribution in [3.63, 3.8) is 0 Å². The highest BCUT2D eigenvalue weighted by Gasteiger charge is 2.26. The molecule has 0 saturated carbocycles. The summed E-state index contributed by atoms with van der Waals surface area (Å²) < 4.78 is 11.4. The Labute approximate surface area is 143 Å². The molecule has 2 aromatic rings. The van der Waals surface area contributed by atoms with Crippen LogP contribution >= 0.6 is 0 Å². The molecule has 0 amide bonds. The number of pyridine rings is 1. The number of nitrogens with two attached hydrogens (primary N) is 1. The fraction of sp³-hybridized carbons (Fsp3) is 0.421. The van der Waals surface area contributed by atoms with Gasteiger partial charge in [-0.2, -0.15) is 0 Å². The van der Waals surface area contributed by atoms with E-state index in [0.717, 1.165) is 36.7 Å². The fourth-order valence-electron chi connectivity index (χ4n) is 3.06. The Morgan fingerprint density at radius 2 is 2.08 bits per heavy atom. The van der Waals surface area contributed by atoms with Gasteiger partial charge in [-0.15, -0.1) is 0 Å². The molecule has 0 spiro atoms. The van der Waals surface area contributed by atoms with Crippen molar-refractivity contribution in [1.82, 2.24) is 9.88 Å². The van der Waals surface area contributed by atoms with Crippen molar-refractivity contribution in [2.75, 3.05) is 20.2 Å². The zero-order valence-electron chi connectivity index (χ0n) is 14.3. The van der Waals surface area contributed by atoms with Gasteiger partial charge in [-0.3, -0.25) is 9.88 Å². The lowest BCUT2D eigenvalue weighted by Crippen LogP contribution is -2.28. The summed E-state index contributed by atoms with van der Waals surface area (Å²) in [5.41, 5.74) is 8.36. The summed E-state index contributed by atoms with van der Waals surface area (Å²) in [6, 6.07) is 10.3. The van der Waals surface area contributed by atoms with Gasteiger partial charge in [-0.25, -0.2) is 0 Å². The minimum atomic E-state index is 0.268. The topological polar surface area (TPSA) is 60.6 Å². The van der Waals surface area contributed by atoms with Crippen molar-refractivity contribution in [2.24, 2.45) is 11.7 Å². The molecular weight excluding hydrogens is 302 g/mol. The molecular formula is C19H25N3O2. The molecule has 2 N–H and O–H groups in total. The Morgan fingerprint density at radius 3 is 2.75 bits per heavy atom. The van der Waals surface area contributed by atoms with Gasteiger partial charge in [0, 0.05) is 43.6 Å². The van der Waals surface area contributed by atoms with Crippen molar-refractivity contribution in [3.05, 3.63) is 53.9 Å². The monoisotopic (exact) mass is 327 g/mol. The second kappa shape index (κ2) is 7.64. The molecule has 24 heavy (non-hydrogen) atoms. The van der Waals surface area contributed by atoms with E-state index in [1.54, 1.807) is 13.3 Å². The van der Waals surface area contributed by atoms with Gasteiger partial charge in [-0.1, -0.05) is 19.1 Å². The molecule has 0 bridgehead atoms. The highest BCUT2D eigenvalue weighted by atomic mass is 16.5. The van der Waals surface area contributed by atoms with Crippen LogP contribution in [-0.2, 0) is 13.2 Å². The molecule has 1 aromatic carbocycles. The minimum absolute atomic E-state index is 0.268. The molecule has 2 heterocycles. The molecule has 1 saturated heterocycles. The van der Waals surface area contributed by atoms with Crippen LogP contribution in [0.5, 0.6) is 11.5 Å². The molecule has 1 aliphatic rings. The molecule has 128 valence electrons. The second-order valence-corrected chi connectivity index (χ2v) is 6.47. The summed E-state index contributed by atoms with van der Waals surface area (Å²) in [4.78, 5) is 6.50. The third kappa shape index (κ3) is 4.04. The summed E-state index contributed by atoms with van der Waals surface area (Å²) in [6.45, 7) is 5.55. The SMILES string of the molecule is COc1ccc(CN2CC(C)C(N)C2)cc1OCc1cccnc1. The zero-order valence-corrected chi connectivity index (χ0v) is 14.3. The van der Waals surface area contributed by atoms with E-state index in [1.807, 2.05) is 24.4 Å². The Morgan fingerprint density at radius 1 is 1.21 bits per heavy atom. The zero-order chi connectivity index (χ0) is 16.9. The van der Waals surface area contributed by atoms with Crippen LogP contribution in [0.1, 0.15) is 18.1 Å². The number of aromatic nitrogens is 1. The van der Waals surface area contributed by atoms with E-state index < -0.39 is 0 Å².